The van der Waals surface area contributed by atoms with Gasteiger partial charge in [0.25, 0.3) is 5.91 Å². The van der Waals surface area contributed by atoms with E-state index in [9.17, 15) is 9.59 Å². The average Bonchev–Trinajstić information content (AvgIpc) is 2.13. The lowest BCUT2D eigenvalue weighted by Crippen LogP contribution is -2.42. The molecule has 1 unspecified atom stereocenters. The van der Waals surface area contributed by atoms with Crippen molar-refractivity contribution in [3.05, 3.63) is 0 Å². The summed E-state index contributed by atoms with van der Waals surface area (Å²) in [6, 6.07) is -0.969. The number of carboxylic acids is 1. The van der Waals surface area contributed by atoms with Gasteiger partial charge in [-0.25, -0.2) is 0 Å². The molecule has 0 aromatic carbocycles. The summed E-state index contributed by atoms with van der Waals surface area (Å²) in [4.78, 5) is 20.9. The predicted octanol–water partition coefficient (Wildman–Crippen LogP) is -1.79. The normalized spacial score (nSPS) is 13.8. The molecule has 0 aliphatic carbocycles. The van der Waals surface area contributed by atoms with E-state index in [0.29, 0.717) is 0 Å². The summed E-state index contributed by atoms with van der Waals surface area (Å²) in [6.07, 6.45) is 4.57. The molecule has 6 N–H and O–H groups in total. The van der Waals surface area contributed by atoms with Crippen molar-refractivity contribution in [2.24, 2.45) is 11.5 Å². The van der Waals surface area contributed by atoms with Gasteiger partial charge in [-0.15, -0.1) is 6.42 Å². The summed E-state index contributed by atoms with van der Waals surface area (Å²) in [6.45, 7) is 0. The fraction of sp³-hybridized carbons (Fsp3) is 0.500. The van der Waals surface area contributed by atoms with Crippen molar-refractivity contribution in [3.8, 4) is 12.3 Å². The van der Waals surface area contributed by atoms with Crippen molar-refractivity contribution in [2.45, 2.75) is 25.0 Å². The van der Waals surface area contributed by atoms with Gasteiger partial charge in [-0.3, -0.25) is 9.59 Å². The highest BCUT2D eigenvalue weighted by Gasteiger charge is 2.13. The van der Waals surface area contributed by atoms with Crippen LogP contribution in [-0.2, 0) is 9.59 Å². The van der Waals surface area contributed by atoms with E-state index < -0.39 is 24.1 Å². The van der Waals surface area contributed by atoms with Gasteiger partial charge in [0.1, 0.15) is 6.04 Å². The molecule has 0 radical (unpaired) electrons. The van der Waals surface area contributed by atoms with Crippen LogP contribution < -0.4 is 16.8 Å². The Labute approximate surface area is 81.6 Å². The molecule has 0 aromatic rings. The van der Waals surface area contributed by atoms with Crippen LogP contribution in [0.25, 0.3) is 0 Å². The lowest BCUT2D eigenvalue weighted by Gasteiger charge is -2.13. The number of carbonyl (C=O) groups excluding carboxylic acids is 1. The SMILES string of the molecule is C#CC(=O)NC(N)CC[C@H](N)C(=O)O. The maximum absolute atomic E-state index is 10.6. The second kappa shape index (κ2) is 5.96. The van der Waals surface area contributed by atoms with Crippen LogP contribution in [0, 0.1) is 12.3 Å². The zero-order valence-corrected chi connectivity index (χ0v) is 7.56. The van der Waals surface area contributed by atoms with Crippen LogP contribution in [-0.4, -0.2) is 29.2 Å². The molecule has 0 fully saturated rings. The van der Waals surface area contributed by atoms with Crippen LogP contribution in [0.5, 0.6) is 0 Å². The number of carbonyl (C=O) groups is 2. The summed E-state index contributed by atoms with van der Waals surface area (Å²) < 4.78 is 0. The molecule has 14 heavy (non-hydrogen) atoms. The second-order valence-corrected chi connectivity index (χ2v) is 2.75. The standard InChI is InChI=1S/C8H13N3O3/c1-2-7(12)11-6(10)4-3-5(9)8(13)14/h1,5-6H,3-4,9-10H2,(H,11,12)(H,13,14)/t5-,6?/m0/s1. The van der Waals surface area contributed by atoms with Gasteiger partial charge < -0.3 is 21.9 Å². The van der Waals surface area contributed by atoms with Gasteiger partial charge in [0.15, 0.2) is 0 Å². The molecule has 0 aliphatic heterocycles. The third-order valence-electron chi connectivity index (χ3n) is 1.55. The number of carboxylic acid groups (broad SMARTS) is 1. The van der Waals surface area contributed by atoms with E-state index >= 15 is 0 Å². The quantitative estimate of drug-likeness (QED) is 0.308. The Balaban J connectivity index is 3.75. The number of amides is 1. The van der Waals surface area contributed by atoms with E-state index in [2.05, 4.69) is 5.32 Å². The van der Waals surface area contributed by atoms with E-state index in [4.69, 9.17) is 23.0 Å². The number of nitrogens with one attached hydrogen (secondary N) is 1. The Morgan fingerprint density at radius 1 is 1.43 bits per heavy atom. The maximum atomic E-state index is 10.6. The number of terminal acetylenes is 1. The lowest BCUT2D eigenvalue weighted by molar-refractivity contribution is -0.138. The smallest absolute Gasteiger partial charge is 0.320 e. The van der Waals surface area contributed by atoms with Crippen molar-refractivity contribution in [2.75, 3.05) is 0 Å². The first-order valence-corrected chi connectivity index (χ1v) is 3.98. The molecule has 1 amide bonds. The highest BCUT2D eigenvalue weighted by molar-refractivity contribution is 5.92. The van der Waals surface area contributed by atoms with Crippen LogP contribution in [0.4, 0.5) is 0 Å². The Hall–Kier alpha value is -1.58. The minimum Gasteiger partial charge on any atom is -0.480 e. The zero-order chi connectivity index (χ0) is 11.1. The highest BCUT2D eigenvalue weighted by atomic mass is 16.4. The summed E-state index contributed by atoms with van der Waals surface area (Å²) in [7, 11) is 0. The minimum absolute atomic E-state index is 0.182. The summed E-state index contributed by atoms with van der Waals surface area (Å²) >= 11 is 0. The van der Waals surface area contributed by atoms with Crippen LogP contribution in [0.3, 0.4) is 0 Å². The Morgan fingerprint density at radius 2 is 2.00 bits per heavy atom. The summed E-state index contributed by atoms with van der Waals surface area (Å²) in [5, 5.41) is 10.7. The molecular formula is C8H13N3O3. The Bertz CT molecular complexity index is 259. The molecule has 6 heteroatoms. The van der Waals surface area contributed by atoms with Gasteiger partial charge in [0, 0.05) is 0 Å². The fourth-order valence-corrected chi connectivity index (χ4v) is 0.765. The van der Waals surface area contributed by atoms with Crippen molar-refractivity contribution in [1.82, 2.24) is 5.32 Å². The third kappa shape index (κ3) is 5.13. The first-order valence-electron chi connectivity index (χ1n) is 3.98. The van der Waals surface area contributed by atoms with E-state index in [1.807, 2.05) is 5.92 Å². The molecular weight excluding hydrogens is 186 g/mol. The van der Waals surface area contributed by atoms with Crippen molar-refractivity contribution < 1.29 is 14.7 Å². The van der Waals surface area contributed by atoms with Gasteiger partial charge in [0.05, 0.1) is 6.17 Å². The molecule has 78 valence electrons. The van der Waals surface area contributed by atoms with Crippen LogP contribution in [0.1, 0.15) is 12.8 Å². The molecule has 6 nitrogen and oxygen atoms in total. The Kier molecular flexibility index (Phi) is 5.29. The minimum atomic E-state index is -1.10. The number of nitrogens with two attached hydrogens (primary N) is 2. The fourth-order valence-electron chi connectivity index (χ4n) is 0.765. The van der Waals surface area contributed by atoms with Crippen molar-refractivity contribution in [1.29, 1.82) is 0 Å². The van der Waals surface area contributed by atoms with Crippen LogP contribution >= 0.6 is 0 Å². The molecule has 0 aromatic heterocycles. The van der Waals surface area contributed by atoms with Gasteiger partial charge in [-0.1, -0.05) is 0 Å². The van der Waals surface area contributed by atoms with Crippen LogP contribution in [0.2, 0.25) is 0 Å². The second-order valence-electron chi connectivity index (χ2n) is 2.75. The maximum Gasteiger partial charge on any atom is 0.320 e. The Morgan fingerprint density at radius 3 is 2.43 bits per heavy atom. The van der Waals surface area contributed by atoms with Crippen molar-refractivity contribution in [3.63, 3.8) is 0 Å². The molecule has 0 spiro atoms. The van der Waals surface area contributed by atoms with Gasteiger partial charge in [-0.05, 0) is 18.8 Å². The van der Waals surface area contributed by atoms with Gasteiger partial charge in [-0.2, -0.15) is 0 Å². The van der Waals surface area contributed by atoms with E-state index in [-0.39, 0.29) is 12.8 Å². The largest absolute Gasteiger partial charge is 0.480 e. The molecule has 0 saturated carbocycles. The number of hydrogen-bond donors (Lipinski definition) is 4. The van der Waals surface area contributed by atoms with Crippen LogP contribution in [0.15, 0.2) is 0 Å². The van der Waals surface area contributed by atoms with E-state index in [1.165, 1.54) is 0 Å². The average molecular weight is 199 g/mol. The first-order chi connectivity index (χ1) is 6.47. The number of rotatable bonds is 5. The van der Waals surface area contributed by atoms with Gasteiger partial charge in [0.2, 0.25) is 0 Å². The van der Waals surface area contributed by atoms with E-state index in [0.717, 1.165) is 0 Å². The number of hydrogen-bond acceptors (Lipinski definition) is 4. The van der Waals surface area contributed by atoms with E-state index in [1.54, 1.807) is 0 Å². The molecule has 2 atom stereocenters. The van der Waals surface area contributed by atoms with Crippen molar-refractivity contribution >= 4 is 11.9 Å². The molecule has 0 heterocycles. The molecule has 0 saturated heterocycles. The molecule has 0 aliphatic rings. The van der Waals surface area contributed by atoms with Gasteiger partial charge >= 0.3 is 5.97 Å². The first kappa shape index (κ1) is 12.4. The monoisotopic (exact) mass is 199 g/mol. The topological polar surface area (TPSA) is 118 Å². The molecule has 0 rings (SSSR count). The molecule has 0 bridgehead atoms. The third-order valence-corrected chi connectivity index (χ3v) is 1.55. The predicted molar refractivity (Wildman–Crippen MR) is 49.8 cm³/mol. The lowest BCUT2D eigenvalue weighted by atomic mass is 10.1. The highest BCUT2D eigenvalue weighted by Crippen LogP contribution is 1.96. The summed E-state index contributed by atoms with van der Waals surface area (Å²) in [5.41, 5.74) is 10.6. The zero-order valence-electron chi connectivity index (χ0n) is 7.56. The number of aliphatic carboxylic acids is 1. The summed E-state index contributed by atoms with van der Waals surface area (Å²) in [5.74, 6) is 0.108.